The number of imidazole rings is 1. The molecule has 3 aromatic rings. The molecule has 4 N–H and O–H groups in total. The molecular formula is C21H26ClN7O2. The van der Waals surface area contributed by atoms with Crippen LogP contribution in [0.2, 0.25) is 5.02 Å². The average molecular weight is 444 g/mol. The first-order chi connectivity index (χ1) is 15.0. The van der Waals surface area contributed by atoms with Gasteiger partial charge in [0.2, 0.25) is 5.95 Å². The number of nitrogens with zero attached hydrogens (tertiary/aromatic N) is 5. The second-order valence-electron chi connectivity index (χ2n) is 7.83. The molecule has 0 saturated heterocycles. The van der Waals surface area contributed by atoms with Crippen LogP contribution in [0.4, 0.5) is 11.8 Å². The van der Waals surface area contributed by atoms with Crippen molar-refractivity contribution in [2.75, 3.05) is 10.3 Å². The van der Waals surface area contributed by atoms with Gasteiger partial charge in [0.05, 0.1) is 12.9 Å². The van der Waals surface area contributed by atoms with Gasteiger partial charge in [0.25, 0.3) is 0 Å². The largest absolute Gasteiger partial charge is 0.480 e. The molecule has 1 aliphatic rings. The van der Waals surface area contributed by atoms with Gasteiger partial charge in [-0.1, -0.05) is 43.5 Å². The summed E-state index contributed by atoms with van der Waals surface area (Å²) in [6.45, 7) is 2.15. The van der Waals surface area contributed by atoms with E-state index in [1.165, 1.54) is 17.9 Å². The molecule has 0 unspecified atom stereocenters. The molecule has 1 aliphatic carbocycles. The van der Waals surface area contributed by atoms with Gasteiger partial charge in [0.1, 0.15) is 6.04 Å². The Hall–Kier alpha value is -2.91. The van der Waals surface area contributed by atoms with Crippen molar-refractivity contribution >= 4 is 40.5 Å². The van der Waals surface area contributed by atoms with Gasteiger partial charge in [0.15, 0.2) is 17.0 Å². The summed E-state index contributed by atoms with van der Waals surface area (Å²) in [6, 6.07) is 6.96. The van der Waals surface area contributed by atoms with Gasteiger partial charge in [-0.3, -0.25) is 5.01 Å². The maximum atomic E-state index is 11.5. The molecule has 2 aromatic heterocycles. The smallest absolute Gasteiger partial charge is 0.326 e. The fraction of sp³-hybridized carbons (Fsp3) is 0.429. The quantitative estimate of drug-likeness (QED) is 0.355. The van der Waals surface area contributed by atoms with E-state index >= 15 is 0 Å². The number of carboxylic acid groups (broad SMARTS) is 1. The molecule has 9 nitrogen and oxygen atoms in total. The number of fused-ring (bicyclic) bond motifs is 1. The number of aliphatic carboxylic acids is 1. The van der Waals surface area contributed by atoms with Crippen LogP contribution < -0.4 is 16.2 Å². The van der Waals surface area contributed by atoms with E-state index in [1.54, 1.807) is 19.3 Å². The number of nitrogens with one attached hydrogen (secondary N) is 1. The van der Waals surface area contributed by atoms with Gasteiger partial charge < -0.3 is 15.0 Å². The van der Waals surface area contributed by atoms with Crippen molar-refractivity contribution in [1.29, 1.82) is 0 Å². The van der Waals surface area contributed by atoms with Crippen LogP contribution in [0.5, 0.6) is 0 Å². The number of carbonyl (C=O) groups is 1. The number of hydrogen-bond acceptors (Lipinski definition) is 7. The van der Waals surface area contributed by atoms with Gasteiger partial charge >= 0.3 is 5.97 Å². The molecule has 0 radical (unpaired) electrons. The zero-order valence-electron chi connectivity index (χ0n) is 17.3. The summed E-state index contributed by atoms with van der Waals surface area (Å²) in [5.74, 6) is 6.10. The van der Waals surface area contributed by atoms with Crippen molar-refractivity contribution in [3.63, 3.8) is 0 Å². The number of anilines is 2. The van der Waals surface area contributed by atoms with Crippen molar-refractivity contribution in [3.05, 3.63) is 41.2 Å². The maximum absolute atomic E-state index is 11.5. The first kappa shape index (κ1) is 21.3. The van der Waals surface area contributed by atoms with Crippen LogP contribution in [0, 0.1) is 0 Å². The van der Waals surface area contributed by atoms with Crippen LogP contribution in [-0.4, -0.2) is 36.6 Å². The zero-order valence-corrected chi connectivity index (χ0v) is 18.1. The lowest BCUT2D eigenvalue weighted by atomic mass is 10.2. The van der Waals surface area contributed by atoms with Crippen LogP contribution in [0.1, 0.15) is 50.6 Å². The number of rotatable bonds is 8. The number of hydrazine groups is 1. The van der Waals surface area contributed by atoms with Crippen LogP contribution in [0.3, 0.4) is 0 Å². The number of benzene rings is 1. The molecule has 0 spiro atoms. The van der Waals surface area contributed by atoms with Crippen LogP contribution in [-0.2, 0) is 11.3 Å². The number of aromatic nitrogens is 4. The Kier molecular flexibility index (Phi) is 6.24. The minimum atomic E-state index is -0.958. The maximum Gasteiger partial charge on any atom is 0.326 e. The number of hydrogen-bond donors (Lipinski definition) is 3. The molecule has 164 valence electrons. The third kappa shape index (κ3) is 4.57. The zero-order chi connectivity index (χ0) is 22.0. The van der Waals surface area contributed by atoms with E-state index in [0.29, 0.717) is 41.0 Å². The van der Waals surface area contributed by atoms with Gasteiger partial charge in [-0.05, 0) is 37.0 Å². The minimum absolute atomic E-state index is 0.220. The molecule has 1 atom stereocenters. The van der Waals surface area contributed by atoms with Gasteiger partial charge in [-0.2, -0.15) is 9.97 Å². The molecule has 1 saturated carbocycles. The lowest BCUT2D eigenvalue weighted by molar-refractivity contribution is -0.138. The van der Waals surface area contributed by atoms with E-state index in [4.69, 9.17) is 17.4 Å². The van der Waals surface area contributed by atoms with E-state index in [-0.39, 0.29) is 5.95 Å². The Morgan fingerprint density at radius 2 is 2.16 bits per heavy atom. The predicted molar refractivity (Wildman–Crippen MR) is 120 cm³/mol. The number of nitrogens with two attached hydrogens (primary N) is 1. The number of halogens is 1. The summed E-state index contributed by atoms with van der Waals surface area (Å²) >= 11 is 6.11. The summed E-state index contributed by atoms with van der Waals surface area (Å²) in [4.78, 5) is 25.3. The highest BCUT2D eigenvalue weighted by Crippen LogP contribution is 2.33. The molecular weight excluding hydrogens is 418 g/mol. The molecule has 0 amide bonds. The van der Waals surface area contributed by atoms with Crippen LogP contribution in [0.25, 0.3) is 11.2 Å². The highest BCUT2D eigenvalue weighted by molar-refractivity contribution is 6.30. The first-order valence-corrected chi connectivity index (χ1v) is 10.8. The highest BCUT2D eigenvalue weighted by Gasteiger charge is 2.24. The monoisotopic (exact) mass is 443 g/mol. The summed E-state index contributed by atoms with van der Waals surface area (Å²) in [7, 11) is 0. The Morgan fingerprint density at radius 1 is 1.39 bits per heavy atom. The van der Waals surface area contributed by atoms with E-state index in [9.17, 15) is 9.90 Å². The highest BCUT2D eigenvalue weighted by atomic mass is 35.5. The Balaban J connectivity index is 1.75. The standard InChI is InChI=1S/C21H26ClN7O2/c1-2-16(20(30)31)25-21-26-18-17(24-12-28(18)15-8-3-4-9-15)19(27-21)29(23)11-13-6-5-7-14(22)10-13/h5-7,10,12,15-16H,2-4,8-9,11,23H2,1H3,(H,30,31)(H,25,26,27)/t16-/m1/s1. The second-order valence-corrected chi connectivity index (χ2v) is 8.27. The molecule has 2 heterocycles. The van der Waals surface area contributed by atoms with Crippen molar-refractivity contribution < 1.29 is 9.90 Å². The second kappa shape index (κ2) is 9.07. The average Bonchev–Trinajstić information content (AvgIpc) is 3.40. The SMILES string of the molecule is CC[C@@H](Nc1nc(N(N)Cc2cccc(Cl)c2)c2ncn(C3CCCC3)c2n1)C(=O)O. The third-order valence-electron chi connectivity index (χ3n) is 5.64. The first-order valence-electron chi connectivity index (χ1n) is 10.5. The van der Waals surface area contributed by atoms with Crippen LogP contribution in [0.15, 0.2) is 30.6 Å². The van der Waals surface area contributed by atoms with E-state index in [0.717, 1.165) is 18.4 Å². The van der Waals surface area contributed by atoms with Gasteiger partial charge in [-0.25, -0.2) is 15.6 Å². The molecule has 10 heteroatoms. The lowest BCUT2D eigenvalue weighted by Gasteiger charge is -2.20. The van der Waals surface area contributed by atoms with Crippen molar-refractivity contribution in [1.82, 2.24) is 19.5 Å². The molecule has 0 bridgehead atoms. The molecule has 4 rings (SSSR count). The van der Waals surface area contributed by atoms with Gasteiger partial charge in [0, 0.05) is 11.1 Å². The Bertz CT molecular complexity index is 1080. The molecule has 0 aliphatic heterocycles. The normalized spacial score (nSPS) is 15.3. The summed E-state index contributed by atoms with van der Waals surface area (Å²) in [5.41, 5.74) is 2.16. The fourth-order valence-corrected chi connectivity index (χ4v) is 4.23. The topological polar surface area (TPSA) is 122 Å². The predicted octanol–water partition coefficient (Wildman–Crippen LogP) is 3.75. The minimum Gasteiger partial charge on any atom is -0.480 e. The Labute approximate surface area is 185 Å². The third-order valence-corrected chi connectivity index (χ3v) is 5.88. The van der Waals surface area contributed by atoms with Crippen molar-refractivity contribution in [3.8, 4) is 0 Å². The Morgan fingerprint density at radius 3 is 2.84 bits per heavy atom. The van der Waals surface area contributed by atoms with E-state index in [1.807, 2.05) is 18.2 Å². The van der Waals surface area contributed by atoms with Gasteiger partial charge in [-0.15, -0.1) is 0 Å². The van der Waals surface area contributed by atoms with E-state index < -0.39 is 12.0 Å². The van der Waals surface area contributed by atoms with Crippen LogP contribution >= 0.6 is 11.6 Å². The van der Waals surface area contributed by atoms with Crippen molar-refractivity contribution in [2.24, 2.45) is 5.84 Å². The van der Waals surface area contributed by atoms with E-state index in [2.05, 4.69) is 24.8 Å². The summed E-state index contributed by atoms with van der Waals surface area (Å²) in [5, 5.41) is 14.5. The summed E-state index contributed by atoms with van der Waals surface area (Å²) in [6.07, 6.45) is 6.64. The lowest BCUT2D eigenvalue weighted by Crippen LogP contribution is -2.33. The molecule has 1 fully saturated rings. The molecule has 31 heavy (non-hydrogen) atoms. The van der Waals surface area contributed by atoms with Crippen molar-refractivity contribution in [2.45, 2.75) is 57.7 Å². The fourth-order valence-electron chi connectivity index (χ4n) is 4.02. The number of carboxylic acids is 1. The molecule has 1 aromatic carbocycles. The summed E-state index contributed by atoms with van der Waals surface area (Å²) < 4.78 is 2.06.